The van der Waals surface area contributed by atoms with E-state index in [9.17, 15) is 4.79 Å². The molecule has 0 aliphatic rings. The van der Waals surface area contributed by atoms with Gasteiger partial charge in [0.1, 0.15) is 17.4 Å². The second-order valence-corrected chi connectivity index (χ2v) is 5.35. The van der Waals surface area contributed by atoms with Gasteiger partial charge < -0.3 is 21.1 Å². The minimum atomic E-state index is -0.565. The Balaban J connectivity index is 1.79. The molecule has 8 nitrogen and oxygen atoms in total. The van der Waals surface area contributed by atoms with Gasteiger partial charge in [-0.2, -0.15) is 0 Å². The van der Waals surface area contributed by atoms with Gasteiger partial charge in [0.2, 0.25) is 0 Å². The standard InChI is InChI=1S/C18H18N6O2/c1-26-13-5-3-12(4-6-13)24-16-9-15(14(10-23-16)18(19)25)22-11-17-20-7-2-8-21-17/h2-10H,11H2,1H3,(H2,19,25)(H2,22,23,24). The lowest BCUT2D eigenvalue weighted by Crippen LogP contribution is -2.16. The normalized spacial score (nSPS) is 10.2. The van der Waals surface area contributed by atoms with E-state index in [1.807, 2.05) is 24.3 Å². The third-order valence-corrected chi connectivity index (χ3v) is 3.59. The van der Waals surface area contributed by atoms with Crippen molar-refractivity contribution in [1.82, 2.24) is 15.0 Å². The van der Waals surface area contributed by atoms with E-state index in [-0.39, 0.29) is 0 Å². The molecule has 0 saturated heterocycles. The van der Waals surface area contributed by atoms with Crippen LogP contribution in [0.15, 0.2) is 55.0 Å². The van der Waals surface area contributed by atoms with E-state index in [1.54, 1.807) is 31.6 Å². The number of primary amides is 1. The fraction of sp³-hybridized carbons (Fsp3) is 0.111. The summed E-state index contributed by atoms with van der Waals surface area (Å²) in [6, 6.07) is 10.9. The maximum absolute atomic E-state index is 11.6. The maximum atomic E-state index is 11.6. The van der Waals surface area contributed by atoms with E-state index in [4.69, 9.17) is 10.5 Å². The van der Waals surface area contributed by atoms with Crippen molar-refractivity contribution in [3.05, 3.63) is 66.4 Å². The Morgan fingerprint density at radius 1 is 1.15 bits per heavy atom. The molecular formula is C18H18N6O2. The second kappa shape index (κ2) is 7.93. The molecule has 0 atom stereocenters. The molecule has 0 fully saturated rings. The molecule has 26 heavy (non-hydrogen) atoms. The number of nitrogens with zero attached hydrogens (tertiary/aromatic N) is 3. The summed E-state index contributed by atoms with van der Waals surface area (Å²) in [5.74, 6) is 1.36. The first-order chi connectivity index (χ1) is 12.7. The molecule has 0 bridgehead atoms. The third kappa shape index (κ3) is 4.23. The zero-order valence-corrected chi connectivity index (χ0v) is 14.1. The largest absolute Gasteiger partial charge is 0.497 e. The number of pyridine rings is 1. The summed E-state index contributed by atoms with van der Waals surface area (Å²) in [6.07, 6.45) is 4.74. The molecular weight excluding hydrogens is 332 g/mol. The molecule has 2 aromatic heterocycles. The van der Waals surface area contributed by atoms with Crippen LogP contribution in [-0.2, 0) is 6.54 Å². The van der Waals surface area contributed by atoms with E-state index >= 15 is 0 Å². The van der Waals surface area contributed by atoms with Crippen molar-refractivity contribution in [1.29, 1.82) is 0 Å². The highest BCUT2D eigenvalue weighted by Crippen LogP contribution is 2.23. The first-order valence-corrected chi connectivity index (χ1v) is 7.86. The Hall–Kier alpha value is -3.68. The molecule has 0 aliphatic carbocycles. The highest BCUT2D eigenvalue weighted by Gasteiger charge is 2.11. The first kappa shape index (κ1) is 17.2. The van der Waals surface area contributed by atoms with Gasteiger partial charge in [-0.25, -0.2) is 15.0 Å². The molecule has 1 aromatic carbocycles. The number of ether oxygens (including phenoxy) is 1. The zero-order valence-electron chi connectivity index (χ0n) is 14.1. The van der Waals surface area contributed by atoms with E-state index in [0.29, 0.717) is 29.4 Å². The lowest BCUT2D eigenvalue weighted by Gasteiger charge is -2.12. The quantitative estimate of drug-likeness (QED) is 0.599. The molecule has 2 heterocycles. The van der Waals surface area contributed by atoms with Gasteiger partial charge in [0.05, 0.1) is 24.9 Å². The van der Waals surface area contributed by atoms with Crippen LogP contribution in [0.3, 0.4) is 0 Å². The van der Waals surface area contributed by atoms with Crippen LogP contribution in [0.1, 0.15) is 16.2 Å². The fourth-order valence-electron chi connectivity index (χ4n) is 2.28. The number of carbonyl (C=O) groups excluding carboxylic acids is 1. The highest BCUT2D eigenvalue weighted by atomic mass is 16.5. The van der Waals surface area contributed by atoms with Gasteiger partial charge in [-0.3, -0.25) is 4.79 Å². The summed E-state index contributed by atoms with van der Waals surface area (Å²) in [6.45, 7) is 0.354. The molecule has 8 heteroatoms. The van der Waals surface area contributed by atoms with Crippen molar-refractivity contribution in [2.75, 3.05) is 17.7 Å². The van der Waals surface area contributed by atoms with Crippen molar-refractivity contribution in [2.24, 2.45) is 5.73 Å². The second-order valence-electron chi connectivity index (χ2n) is 5.35. The smallest absolute Gasteiger partial charge is 0.252 e. The van der Waals surface area contributed by atoms with Crippen molar-refractivity contribution >= 4 is 23.1 Å². The van der Waals surface area contributed by atoms with Gasteiger partial charge in [-0.15, -0.1) is 0 Å². The Labute approximate surface area is 150 Å². The molecule has 1 amide bonds. The van der Waals surface area contributed by atoms with Crippen LogP contribution in [0.25, 0.3) is 0 Å². The van der Waals surface area contributed by atoms with Gasteiger partial charge in [-0.05, 0) is 30.3 Å². The Morgan fingerprint density at radius 3 is 2.54 bits per heavy atom. The number of rotatable bonds is 7. The summed E-state index contributed by atoms with van der Waals surface area (Å²) in [5.41, 5.74) is 7.11. The first-order valence-electron chi connectivity index (χ1n) is 7.86. The summed E-state index contributed by atoms with van der Waals surface area (Å²) < 4.78 is 5.14. The summed E-state index contributed by atoms with van der Waals surface area (Å²) in [4.78, 5) is 24.2. The Bertz CT molecular complexity index is 884. The lowest BCUT2D eigenvalue weighted by atomic mass is 10.2. The molecule has 0 radical (unpaired) electrons. The maximum Gasteiger partial charge on any atom is 0.252 e. The number of carbonyl (C=O) groups is 1. The van der Waals surface area contributed by atoms with Crippen LogP contribution in [-0.4, -0.2) is 28.0 Å². The number of aromatic nitrogens is 3. The Kier molecular flexibility index (Phi) is 5.23. The predicted octanol–water partition coefficient (Wildman–Crippen LogP) is 2.33. The van der Waals surface area contributed by atoms with Crippen LogP contribution < -0.4 is 21.1 Å². The van der Waals surface area contributed by atoms with Crippen LogP contribution in [0.5, 0.6) is 5.75 Å². The molecule has 0 spiro atoms. The number of methoxy groups -OCH3 is 1. The lowest BCUT2D eigenvalue weighted by molar-refractivity contribution is 0.100. The number of amides is 1. The molecule has 0 unspecified atom stereocenters. The monoisotopic (exact) mass is 350 g/mol. The van der Waals surface area contributed by atoms with E-state index in [2.05, 4.69) is 25.6 Å². The van der Waals surface area contributed by atoms with Gasteiger partial charge in [0, 0.05) is 30.3 Å². The van der Waals surface area contributed by atoms with Crippen LogP contribution in [0, 0.1) is 0 Å². The van der Waals surface area contributed by atoms with Crippen molar-refractivity contribution in [3.63, 3.8) is 0 Å². The van der Waals surface area contributed by atoms with E-state index in [1.165, 1.54) is 6.20 Å². The average molecular weight is 350 g/mol. The minimum absolute atomic E-state index is 0.293. The predicted molar refractivity (Wildman–Crippen MR) is 98.4 cm³/mol. The Morgan fingerprint density at radius 2 is 1.88 bits per heavy atom. The highest BCUT2D eigenvalue weighted by molar-refractivity contribution is 5.98. The van der Waals surface area contributed by atoms with Crippen molar-refractivity contribution in [2.45, 2.75) is 6.54 Å². The molecule has 0 saturated carbocycles. The number of hydrogen-bond donors (Lipinski definition) is 3. The van der Waals surface area contributed by atoms with E-state index < -0.39 is 5.91 Å². The third-order valence-electron chi connectivity index (χ3n) is 3.59. The minimum Gasteiger partial charge on any atom is -0.497 e. The van der Waals surface area contributed by atoms with Gasteiger partial charge in [-0.1, -0.05) is 0 Å². The number of hydrogen-bond acceptors (Lipinski definition) is 7. The SMILES string of the molecule is COc1ccc(Nc2cc(NCc3ncccn3)c(C(N)=O)cn2)cc1. The fourth-order valence-corrected chi connectivity index (χ4v) is 2.28. The topological polar surface area (TPSA) is 115 Å². The zero-order chi connectivity index (χ0) is 18.4. The summed E-state index contributed by atoms with van der Waals surface area (Å²) >= 11 is 0. The summed E-state index contributed by atoms with van der Waals surface area (Å²) in [7, 11) is 1.61. The molecule has 3 rings (SSSR count). The molecule has 4 N–H and O–H groups in total. The average Bonchev–Trinajstić information content (AvgIpc) is 2.68. The number of benzene rings is 1. The van der Waals surface area contributed by atoms with Gasteiger partial charge in [0.25, 0.3) is 5.91 Å². The number of anilines is 3. The number of nitrogens with one attached hydrogen (secondary N) is 2. The van der Waals surface area contributed by atoms with Gasteiger partial charge in [0.15, 0.2) is 0 Å². The van der Waals surface area contributed by atoms with E-state index in [0.717, 1.165) is 11.4 Å². The van der Waals surface area contributed by atoms with Crippen LogP contribution in [0.4, 0.5) is 17.2 Å². The number of nitrogens with two attached hydrogens (primary N) is 1. The van der Waals surface area contributed by atoms with Crippen LogP contribution >= 0.6 is 0 Å². The summed E-state index contributed by atoms with van der Waals surface area (Å²) in [5, 5.41) is 6.30. The van der Waals surface area contributed by atoms with Crippen molar-refractivity contribution in [3.8, 4) is 5.75 Å². The molecule has 132 valence electrons. The molecule has 0 aliphatic heterocycles. The molecule has 3 aromatic rings. The van der Waals surface area contributed by atoms with Crippen LogP contribution in [0.2, 0.25) is 0 Å². The van der Waals surface area contributed by atoms with Crippen molar-refractivity contribution < 1.29 is 9.53 Å². The van der Waals surface area contributed by atoms with Gasteiger partial charge >= 0.3 is 0 Å².